The Kier molecular flexibility index (Phi) is 6.13. The lowest BCUT2D eigenvalue weighted by atomic mass is 9.65. The lowest BCUT2D eigenvalue weighted by Crippen LogP contribution is -2.40. The van der Waals surface area contributed by atoms with Crippen LogP contribution in [0.3, 0.4) is 0 Å². The van der Waals surface area contributed by atoms with Gasteiger partial charge in [-0.25, -0.2) is 0 Å². The van der Waals surface area contributed by atoms with Gasteiger partial charge in [0.25, 0.3) is 0 Å². The maximum atomic E-state index is 10.9. The molecule has 3 N–H and O–H groups in total. The highest BCUT2D eigenvalue weighted by Gasteiger charge is 2.40. The quantitative estimate of drug-likeness (QED) is 0.755. The molecule has 1 atom stereocenters. The summed E-state index contributed by atoms with van der Waals surface area (Å²) in [5.41, 5.74) is 6.75. The van der Waals surface area contributed by atoms with Gasteiger partial charge >= 0.3 is 0 Å². The van der Waals surface area contributed by atoms with Crippen molar-refractivity contribution in [2.24, 2.45) is 17.1 Å². The molecule has 1 aliphatic carbocycles. The number of hydrogen-bond donors (Lipinski definition) is 2. The standard InChI is InChI=1S/C17H25BrClNO/c1-2-3-12-6-8-17(11-20,9-7-12)16(21)13-4-5-14(18)15(19)10-13/h4-5,10,12,16,21H,2-3,6-9,11,20H2,1H3. The fourth-order valence-corrected chi connectivity index (χ4v) is 4.01. The second kappa shape index (κ2) is 7.45. The van der Waals surface area contributed by atoms with Crippen LogP contribution in [0.15, 0.2) is 22.7 Å². The average Bonchev–Trinajstić information content (AvgIpc) is 2.51. The second-order valence-electron chi connectivity index (χ2n) is 6.37. The largest absolute Gasteiger partial charge is 0.388 e. The number of benzene rings is 1. The normalized spacial score (nSPS) is 27.6. The maximum absolute atomic E-state index is 10.9. The fourth-order valence-electron chi connectivity index (χ4n) is 3.57. The summed E-state index contributed by atoms with van der Waals surface area (Å²) in [6.07, 6.45) is 6.35. The van der Waals surface area contributed by atoms with E-state index >= 15 is 0 Å². The van der Waals surface area contributed by atoms with Gasteiger partial charge < -0.3 is 10.8 Å². The zero-order valence-electron chi connectivity index (χ0n) is 12.6. The summed E-state index contributed by atoms with van der Waals surface area (Å²) in [6, 6.07) is 5.69. The summed E-state index contributed by atoms with van der Waals surface area (Å²) in [5, 5.41) is 11.5. The van der Waals surface area contributed by atoms with E-state index in [9.17, 15) is 5.11 Å². The zero-order valence-corrected chi connectivity index (χ0v) is 15.0. The molecule has 0 bridgehead atoms. The molecule has 0 spiro atoms. The van der Waals surface area contributed by atoms with Gasteiger partial charge in [-0.05, 0) is 65.2 Å². The van der Waals surface area contributed by atoms with E-state index in [2.05, 4.69) is 22.9 Å². The van der Waals surface area contributed by atoms with Crippen molar-refractivity contribution in [2.45, 2.75) is 51.6 Å². The summed E-state index contributed by atoms with van der Waals surface area (Å²) in [4.78, 5) is 0. The number of aliphatic hydroxyl groups excluding tert-OH is 1. The molecule has 1 saturated carbocycles. The van der Waals surface area contributed by atoms with Crippen molar-refractivity contribution in [1.82, 2.24) is 0 Å². The molecular weight excluding hydrogens is 350 g/mol. The highest BCUT2D eigenvalue weighted by Crippen LogP contribution is 2.48. The highest BCUT2D eigenvalue weighted by atomic mass is 79.9. The Morgan fingerprint density at radius 1 is 1.43 bits per heavy atom. The Morgan fingerprint density at radius 2 is 2.10 bits per heavy atom. The van der Waals surface area contributed by atoms with Crippen LogP contribution in [-0.2, 0) is 0 Å². The molecule has 1 aromatic carbocycles. The number of aliphatic hydroxyl groups is 1. The lowest BCUT2D eigenvalue weighted by molar-refractivity contribution is -0.0108. The van der Waals surface area contributed by atoms with Gasteiger partial charge in [-0.2, -0.15) is 0 Å². The Morgan fingerprint density at radius 3 is 2.62 bits per heavy atom. The first-order valence-electron chi connectivity index (χ1n) is 7.85. The third-order valence-corrected chi connectivity index (χ3v) is 6.28. The summed E-state index contributed by atoms with van der Waals surface area (Å²) in [5.74, 6) is 0.801. The topological polar surface area (TPSA) is 46.2 Å². The van der Waals surface area contributed by atoms with Gasteiger partial charge in [-0.1, -0.05) is 37.4 Å². The van der Waals surface area contributed by atoms with Gasteiger partial charge in [-0.3, -0.25) is 0 Å². The monoisotopic (exact) mass is 373 g/mol. The van der Waals surface area contributed by atoms with Crippen molar-refractivity contribution in [3.05, 3.63) is 33.3 Å². The third-order valence-electron chi connectivity index (χ3n) is 5.04. The highest BCUT2D eigenvalue weighted by molar-refractivity contribution is 9.10. The Balaban J connectivity index is 2.15. The summed E-state index contributed by atoms with van der Waals surface area (Å²) >= 11 is 9.55. The molecule has 0 heterocycles. The van der Waals surface area contributed by atoms with Crippen LogP contribution in [0.25, 0.3) is 0 Å². The SMILES string of the molecule is CCCC1CCC(CN)(C(O)c2ccc(Br)c(Cl)c2)CC1. The van der Waals surface area contributed by atoms with E-state index < -0.39 is 6.10 Å². The van der Waals surface area contributed by atoms with E-state index in [0.717, 1.165) is 28.8 Å². The molecule has 0 saturated heterocycles. The first-order chi connectivity index (χ1) is 10.0. The van der Waals surface area contributed by atoms with E-state index in [1.165, 1.54) is 25.7 Å². The van der Waals surface area contributed by atoms with Crippen molar-refractivity contribution in [1.29, 1.82) is 0 Å². The van der Waals surface area contributed by atoms with E-state index in [0.29, 0.717) is 11.6 Å². The molecular formula is C17H25BrClNO. The molecule has 0 aliphatic heterocycles. The Labute approximate surface area is 141 Å². The molecule has 4 heteroatoms. The van der Waals surface area contributed by atoms with E-state index in [4.69, 9.17) is 17.3 Å². The lowest BCUT2D eigenvalue weighted by Gasteiger charge is -2.43. The van der Waals surface area contributed by atoms with Crippen LogP contribution in [0.4, 0.5) is 0 Å². The molecule has 0 radical (unpaired) electrons. The van der Waals surface area contributed by atoms with Gasteiger partial charge in [0.2, 0.25) is 0 Å². The van der Waals surface area contributed by atoms with Gasteiger partial charge in [0.1, 0.15) is 0 Å². The van der Waals surface area contributed by atoms with Crippen molar-refractivity contribution in [2.75, 3.05) is 6.54 Å². The molecule has 21 heavy (non-hydrogen) atoms. The van der Waals surface area contributed by atoms with Crippen LogP contribution in [0, 0.1) is 11.3 Å². The second-order valence-corrected chi connectivity index (χ2v) is 7.64. The van der Waals surface area contributed by atoms with Gasteiger partial charge in [-0.15, -0.1) is 0 Å². The van der Waals surface area contributed by atoms with Crippen LogP contribution < -0.4 is 5.73 Å². The van der Waals surface area contributed by atoms with E-state index in [-0.39, 0.29) is 5.41 Å². The van der Waals surface area contributed by atoms with Crippen LogP contribution in [0.1, 0.15) is 57.1 Å². The predicted molar refractivity (Wildman–Crippen MR) is 92.5 cm³/mol. The molecule has 1 unspecified atom stereocenters. The minimum absolute atomic E-state index is 0.193. The van der Waals surface area contributed by atoms with Crippen LogP contribution in [-0.4, -0.2) is 11.7 Å². The maximum Gasteiger partial charge on any atom is 0.0858 e. The molecule has 1 aromatic rings. The van der Waals surface area contributed by atoms with Gasteiger partial charge in [0, 0.05) is 16.4 Å². The molecule has 0 amide bonds. The van der Waals surface area contributed by atoms with Crippen molar-refractivity contribution >= 4 is 27.5 Å². The molecule has 1 fully saturated rings. The third kappa shape index (κ3) is 3.82. The van der Waals surface area contributed by atoms with Crippen molar-refractivity contribution < 1.29 is 5.11 Å². The first kappa shape index (κ1) is 17.3. The summed E-state index contributed by atoms with van der Waals surface area (Å²) in [6.45, 7) is 2.77. The van der Waals surface area contributed by atoms with Crippen LogP contribution in [0.5, 0.6) is 0 Å². The number of rotatable bonds is 5. The number of halogens is 2. The number of hydrogen-bond acceptors (Lipinski definition) is 2. The fraction of sp³-hybridized carbons (Fsp3) is 0.647. The smallest absolute Gasteiger partial charge is 0.0858 e. The van der Waals surface area contributed by atoms with Crippen LogP contribution in [0.2, 0.25) is 5.02 Å². The molecule has 118 valence electrons. The van der Waals surface area contributed by atoms with E-state index in [1.54, 1.807) is 0 Å². The molecule has 2 nitrogen and oxygen atoms in total. The molecule has 1 aliphatic rings. The van der Waals surface area contributed by atoms with Crippen molar-refractivity contribution in [3.63, 3.8) is 0 Å². The Bertz CT molecular complexity index is 472. The van der Waals surface area contributed by atoms with Gasteiger partial charge in [0.05, 0.1) is 11.1 Å². The van der Waals surface area contributed by atoms with Crippen LogP contribution >= 0.6 is 27.5 Å². The molecule has 0 aromatic heterocycles. The van der Waals surface area contributed by atoms with E-state index in [1.807, 2.05) is 18.2 Å². The first-order valence-corrected chi connectivity index (χ1v) is 9.02. The summed E-state index contributed by atoms with van der Waals surface area (Å²) < 4.78 is 0.855. The summed E-state index contributed by atoms with van der Waals surface area (Å²) in [7, 11) is 0. The number of nitrogens with two attached hydrogens (primary N) is 1. The predicted octanol–water partition coefficient (Wildman–Crippen LogP) is 5.07. The average molecular weight is 375 g/mol. The molecule has 2 rings (SSSR count). The minimum Gasteiger partial charge on any atom is -0.388 e. The van der Waals surface area contributed by atoms with Crippen molar-refractivity contribution in [3.8, 4) is 0 Å². The van der Waals surface area contributed by atoms with Gasteiger partial charge in [0.15, 0.2) is 0 Å². The zero-order chi connectivity index (χ0) is 15.5. The minimum atomic E-state index is -0.532. The Hall–Kier alpha value is -0.0900.